The molecule has 0 saturated carbocycles. The number of halogens is 1. The molecular weight excluding hydrogens is 290 g/mol. The SMILES string of the molecule is O=C(Nc1cc(C#CCCO)ccc1Cl)c1cnccn1. The number of nitrogens with one attached hydrogen (secondary N) is 1. The molecule has 0 atom stereocenters. The van der Waals surface area contributed by atoms with Crippen LogP contribution >= 0.6 is 11.6 Å². The molecule has 6 heteroatoms. The van der Waals surface area contributed by atoms with Crippen LogP contribution in [-0.2, 0) is 0 Å². The third kappa shape index (κ3) is 4.28. The Kier molecular flexibility index (Phi) is 5.27. The number of benzene rings is 1. The van der Waals surface area contributed by atoms with Crippen LogP contribution in [0.4, 0.5) is 5.69 Å². The van der Waals surface area contributed by atoms with Crippen LogP contribution in [0.2, 0.25) is 5.02 Å². The van der Waals surface area contributed by atoms with Crippen molar-refractivity contribution in [1.29, 1.82) is 0 Å². The molecule has 0 aliphatic carbocycles. The summed E-state index contributed by atoms with van der Waals surface area (Å²) in [5.41, 5.74) is 1.34. The average Bonchev–Trinajstić information content (AvgIpc) is 2.51. The molecule has 0 saturated heterocycles. The predicted molar refractivity (Wildman–Crippen MR) is 80.0 cm³/mol. The summed E-state index contributed by atoms with van der Waals surface area (Å²) in [5.74, 6) is 5.29. The molecule has 106 valence electrons. The van der Waals surface area contributed by atoms with Gasteiger partial charge < -0.3 is 10.4 Å². The Morgan fingerprint density at radius 3 is 2.95 bits per heavy atom. The van der Waals surface area contributed by atoms with E-state index in [-0.39, 0.29) is 12.3 Å². The molecule has 1 aromatic carbocycles. The van der Waals surface area contributed by atoms with Gasteiger partial charge in [-0.15, -0.1) is 0 Å². The van der Waals surface area contributed by atoms with Crippen LogP contribution in [0.5, 0.6) is 0 Å². The van der Waals surface area contributed by atoms with Gasteiger partial charge in [-0.25, -0.2) is 4.98 Å². The van der Waals surface area contributed by atoms with Gasteiger partial charge in [0.05, 0.1) is 23.5 Å². The molecule has 2 N–H and O–H groups in total. The zero-order valence-corrected chi connectivity index (χ0v) is 11.8. The van der Waals surface area contributed by atoms with E-state index in [4.69, 9.17) is 16.7 Å². The first-order valence-corrected chi connectivity index (χ1v) is 6.55. The first-order chi connectivity index (χ1) is 10.2. The first-order valence-electron chi connectivity index (χ1n) is 6.17. The second kappa shape index (κ2) is 7.39. The van der Waals surface area contributed by atoms with Gasteiger partial charge in [0.15, 0.2) is 0 Å². The van der Waals surface area contributed by atoms with E-state index in [0.29, 0.717) is 22.7 Å². The van der Waals surface area contributed by atoms with Crippen LogP contribution in [0.25, 0.3) is 0 Å². The molecule has 0 radical (unpaired) electrons. The summed E-state index contributed by atoms with van der Waals surface area (Å²) in [6.07, 6.45) is 4.69. The Balaban J connectivity index is 2.18. The van der Waals surface area contributed by atoms with Gasteiger partial charge in [0.2, 0.25) is 0 Å². The largest absolute Gasteiger partial charge is 0.395 e. The third-order valence-corrected chi connectivity index (χ3v) is 2.81. The van der Waals surface area contributed by atoms with Crippen LogP contribution in [0.15, 0.2) is 36.8 Å². The van der Waals surface area contributed by atoms with Crippen LogP contribution in [0, 0.1) is 11.8 Å². The number of carbonyl (C=O) groups is 1. The lowest BCUT2D eigenvalue weighted by Crippen LogP contribution is -2.14. The highest BCUT2D eigenvalue weighted by atomic mass is 35.5. The Hall–Kier alpha value is -2.42. The number of carbonyl (C=O) groups excluding carboxylic acids is 1. The van der Waals surface area contributed by atoms with E-state index < -0.39 is 5.91 Å². The summed E-state index contributed by atoms with van der Waals surface area (Å²) in [7, 11) is 0. The Morgan fingerprint density at radius 1 is 1.38 bits per heavy atom. The van der Waals surface area contributed by atoms with Crippen LogP contribution in [0.3, 0.4) is 0 Å². The summed E-state index contributed by atoms with van der Waals surface area (Å²) in [6.45, 7) is 0.0108. The highest BCUT2D eigenvalue weighted by molar-refractivity contribution is 6.33. The number of nitrogens with zero attached hydrogens (tertiary/aromatic N) is 2. The quantitative estimate of drug-likeness (QED) is 0.852. The summed E-state index contributed by atoms with van der Waals surface area (Å²) in [5, 5.41) is 11.8. The fraction of sp³-hybridized carbons (Fsp3) is 0.133. The van der Waals surface area contributed by atoms with Gasteiger partial charge in [-0.2, -0.15) is 0 Å². The standard InChI is InChI=1S/C15H12ClN3O2/c16-12-5-4-11(3-1-2-8-20)9-13(12)19-15(21)14-10-17-6-7-18-14/h4-7,9-10,20H,2,8H2,(H,19,21). The molecule has 0 spiro atoms. The van der Waals surface area contributed by atoms with E-state index in [1.54, 1.807) is 18.2 Å². The average molecular weight is 302 g/mol. The van der Waals surface area contributed by atoms with Crippen molar-refractivity contribution in [2.75, 3.05) is 11.9 Å². The van der Waals surface area contributed by atoms with Gasteiger partial charge in [-0.1, -0.05) is 23.4 Å². The number of aromatic nitrogens is 2. The maximum absolute atomic E-state index is 12.0. The number of amides is 1. The Bertz CT molecular complexity index is 693. The van der Waals surface area contributed by atoms with Crippen molar-refractivity contribution >= 4 is 23.2 Å². The molecule has 1 heterocycles. The monoisotopic (exact) mass is 301 g/mol. The Morgan fingerprint density at radius 2 is 2.24 bits per heavy atom. The molecule has 2 rings (SSSR count). The van der Waals surface area contributed by atoms with Gasteiger partial charge in [0.25, 0.3) is 5.91 Å². The summed E-state index contributed by atoms with van der Waals surface area (Å²) < 4.78 is 0. The lowest BCUT2D eigenvalue weighted by atomic mass is 10.2. The first kappa shape index (κ1) is 15.0. The van der Waals surface area contributed by atoms with Crippen LogP contribution in [0.1, 0.15) is 22.5 Å². The molecule has 1 amide bonds. The number of aliphatic hydroxyl groups is 1. The summed E-state index contributed by atoms with van der Waals surface area (Å²) >= 11 is 6.05. The Labute approximate surface area is 127 Å². The van der Waals surface area contributed by atoms with Crippen molar-refractivity contribution in [1.82, 2.24) is 9.97 Å². The third-order valence-electron chi connectivity index (χ3n) is 2.48. The maximum Gasteiger partial charge on any atom is 0.275 e. The number of rotatable bonds is 3. The second-order valence-electron chi connectivity index (χ2n) is 4.01. The summed E-state index contributed by atoms with van der Waals surface area (Å²) in [6, 6.07) is 5.06. The number of aliphatic hydroxyl groups excluding tert-OH is 1. The lowest BCUT2D eigenvalue weighted by molar-refractivity contribution is 0.102. The van der Waals surface area contributed by atoms with E-state index >= 15 is 0 Å². The van der Waals surface area contributed by atoms with E-state index in [2.05, 4.69) is 27.1 Å². The van der Waals surface area contributed by atoms with Crippen molar-refractivity contribution in [3.63, 3.8) is 0 Å². The molecular formula is C15H12ClN3O2. The minimum Gasteiger partial charge on any atom is -0.395 e. The van der Waals surface area contributed by atoms with Crippen LogP contribution in [-0.4, -0.2) is 27.6 Å². The summed E-state index contributed by atoms with van der Waals surface area (Å²) in [4.78, 5) is 19.7. The van der Waals surface area contributed by atoms with E-state index in [1.807, 2.05) is 0 Å². The van der Waals surface area contributed by atoms with Crippen molar-refractivity contribution in [2.45, 2.75) is 6.42 Å². The molecule has 0 aliphatic rings. The van der Waals surface area contributed by atoms with Crippen molar-refractivity contribution in [2.24, 2.45) is 0 Å². The molecule has 0 aliphatic heterocycles. The normalized spacial score (nSPS) is 9.62. The smallest absolute Gasteiger partial charge is 0.275 e. The van der Waals surface area contributed by atoms with Gasteiger partial charge >= 0.3 is 0 Å². The van der Waals surface area contributed by atoms with Gasteiger partial charge in [0, 0.05) is 24.4 Å². The number of anilines is 1. The topological polar surface area (TPSA) is 75.1 Å². The van der Waals surface area contributed by atoms with Gasteiger partial charge in [-0.3, -0.25) is 9.78 Å². The number of hydrogen-bond acceptors (Lipinski definition) is 4. The number of hydrogen-bond donors (Lipinski definition) is 2. The van der Waals surface area contributed by atoms with Crippen molar-refractivity contribution < 1.29 is 9.90 Å². The van der Waals surface area contributed by atoms with E-state index in [1.165, 1.54) is 18.6 Å². The molecule has 1 aromatic heterocycles. The minimum atomic E-state index is -0.398. The van der Waals surface area contributed by atoms with Crippen molar-refractivity contribution in [3.05, 3.63) is 53.1 Å². The van der Waals surface area contributed by atoms with Crippen molar-refractivity contribution in [3.8, 4) is 11.8 Å². The second-order valence-corrected chi connectivity index (χ2v) is 4.42. The fourth-order valence-electron chi connectivity index (χ4n) is 1.52. The molecule has 21 heavy (non-hydrogen) atoms. The van der Waals surface area contributed by atoms with E-state index in [9.17, 15) is 4.79 Å². The lowest BCUT2D eigenvalue weighted by Gasteiger charge is -2.07. The molecule has 0 fully saturated rings. The predicted octanol–water partition coefficient (Wildman–Crippen LogP) is 2.12. The molecule has 0 unspecified atom stereocenters. The molecule has 0 bridgehead atoms. The fourth-order valence-corrected chi connectivity index (χ4v) is 1.69. The van der Waals surface area contributed by atoms with Gasteiger partial charge in [0.1, 0.15) is 5.69 Å². The highest BCUT2D eigenvalue weighted by Gasteiger charge is 2.10. The molecule has 5 nitrogen and oxygen atoms in total. The minimum absolute atomic E-state index is 0.0108. The van der Waals surface area contributed by atoms with Crippen LogP contribution < -0.4 is 5.32 Å². The maximum atomic E-state index is 12.0. The molecule has 2 aromatic rings. The highest BCUT2D eigenvalue weighted by Crippen LogP contribution is 2.23. The van der Waals surface area contributed by atoms with E-state index in [0.717, 1.165) is 0 Å². The van der Waals surface area contributed by atoms with Gasteiger partial charge in [-0.05, 0) is 18.2 Å². The zero-order chi connectivity index (χ0) is 15.1. The zero-order valence-electron chi connectivity index (χ0n) is 11.0.